The third-order valence-electron chi connectivity index (χ3n) is 5.16. The molecular weight excluding hydrogens is 472 g/mol. The number of ether oxygens (including phenoxy) is 2. The lowest BCUT2D eigenvalue weighted by molar-refractivity contribution is -0.145. The smallest absolute Gasteiger partial charge is 0.407 e. The van der Waals surface area contributed by atoms with Crippen molar-refractivity contribution in [3.8, 4) is 0 Å². The zero-order valence-corrected chi connectivity index (χ0v) is 20.6. The molecule has 0 saturated carbocycles. The van der Waals surface area contributed by atoms with Gasteiger partial charge in [0.2, 0.25) is 5.91 Å². The molecule has 10 heteroatoms. The van der Waals surface area contributed by atoms with Crippen molar-refractivity contribution < 1.29 is 32.3 Å². The average Bonchev–Trinajstić information content (AvgIpc) is 2.88. The normalized spacial score (nSPS) is 11.8. The molecule has 190 valence electrons. The number of alkyl carbamates (subject to hydrolysis) is 1. The summed E-state index contributed by atoms with van der Waals surface area (Å²) < 4.78 is 34.8. The van der Waals surface area contributed by atoms with Crippen LogP contribution in [0, 0.1) is 0 Å². The molecule has 0 bridgehead atoms. The fraction of sp³-hybridized carbons (Fsp3) is 0.400. The Hall–Kier alpha value is -3.40. The van der Waals surface area contributed by atoms with Gasteiger partial charge in [-0.2, -0.15) is 0 Å². The molecule has 0 spiro atoms. The van der Waals surface area contributed by atoms with Crippen molar-refractivity contribution in [2.45, 2.75) is 49.6 Å². The Morgan fingerprint density at radius 2 is 1.57 bits per heavy atom. The predicted molar refractivity (Wildman–Crippen MR) is 130 cm³/mol. The van der Waals surface area contributed by atoms with E-state index in [4.69, 9.17) is 9.47 Å². The number of sulfone groups is 1. The molecule has 0 radical (unpaired) electrons. The van der Waals surface area contributed by atoms with Crippen LogP contribution in [0.25, 0.3) is 0 Å². The first kappa shape index (κ1) is 27.8. The van der Waals surface area contributed by atoms with E-state index in [2.05, 4.69) is 10.6 Å². The first-order valence-corrected chi connectivity index (χ1v) is 13.1. The number of hydrogen-bond donors (Lipinski definition) is 2. The Balaban J connectivity index is 1.65. The highest BCUT2D eigenvalue weighted by molar-refractivity contribution is 7.91. The summed E-state index contributed by atoms with van der Waals surface area (Å²) in [5.74, 6) is -1.36. The topological polar surface area (TPSA) is 128 Å². The van der Waals surface area contributed by atoms with E-state index in [9.17, 15) is 22.8 Å². The maximum absolute atomic E-state index is 12.5. The summed E-state index contributed by atoms with van der Waals surface area (Å²) in [6, 6.07) is 16.2. The Bertz CT molecular complexity index is 1040. The molecule has 9 nitrogen and oxygen atoms in total. The summed E-state index contributed by atoms with van der Waals surface area (Å²) in [7, 11) is -2.41. The highest BCUT2D eigenvalue weighted by atomic mass is 32.2. The van der Waals surface area contributed by atoms with Gasteiger partial charge in [0.15, 0.2) is 9.84 Å². The Kier molecular flexibility index (Phi) is 11.8. The van der Waals surface area contributed by atoms with Crippen LogP contribution in [-0.2, 0) is 35.5 Å². The summed E-state index contributed by atoms with van der Waals surface area (Å²) in [6.45, 7) is 0.609. The second kappa shape index (κ2) is 14.8. The minimum Gasteiger partial charge on any atom is -0.467 e. The molecule has 0 aliphatic carbocycles. The maximum Gasteiger partial charge on any atom is 0.407 e. The van der Waals surface area contributed by atoms with Crippen molar-refractivity contribution in [3.05, 3.63) is 66.2 Å². The van der Waals surface area contributed by atoms with E-state index in [-0.39, 0.29) is 36.0 Å². The molecule has 1 atom stereocenters. The van der Waals surface area contributed by atoms with Gasteiger partial charge in [-0.1, -0.05) is 55.0 Å². The van der Waals surface area contributed by atoms with Gasteiger partial charge in [-0.3, -0.25) is 4.79 Å². The zero-order valence-electron chi connectivity index (χ0n) is 19.8. The Morgan fingerprint density at radius 3 is 2.23 bits per heavy atom. The minimum absolute atomic E-state index is 0.0926. The molecule has 2 N–H and O–H groups in total. The van der Waals surface area contributed by atoms with Gasteiger partial charge in [0, 0.05) is 13.0 Å². The van der Waals surface area contributed by atoms with Gasteiger partial charge in [-0.25, -0.2) is 18.0 Å². The van der Waals surface area contributed by atoms with Crippen molar-refractivity contribution in [1.29, 1.82) is 0 Å². The van der Waals surface area contributed by atoms with Crippen LogP contribution in [0.2, 0.25) is 0 Å². The van der Waals surface area contributed by atoms with Crippen LogP contribution in [0.15, 0.2) is 65.6 Å². The quantitative estimate of drug-likeness (QED) is 0.299. The van der Waals surface area contributed by atoms with Gasteiger partial charge in [0.25, 0.3) is 0 Å². The SMILES string of the molecule is COC(=O)[C@H](CCS(=O)(=O)c1ccccc1)NC(=O)CCCCCNC(=O)OCc1ccccc1. The molecule has 2 aromatic rings. The first-order chi connectivity index (χ1) is 16.8. The number of hydrogen-bond acceptors (Lipinski definition) is 7. The van der Waals surface area contributed by atoms with Crippen molar-refractivity contribution in [2.24, 2.45) is 0 Å². The van der Waals surface area contributed by atoms with Crippen LogP contribution in [0.1, 0.15) is 37.7 Å². The zero-order chi connectivity index (χ0) is 25.5. The number of esters is 1. The van der Waals surface area contributed by atoms with Crippen LogP contribution >= 0.6 is 0 Å². The third-order valence-corrected chi connectivity index (χ3v) is 6.92. The molecule has 0 aliphatic heterocycles. The summed E-state index contributed by atoms with van der Waals surface area (Å²) in [5, 5.41) is 5.23. The van der Waals surface area contributed by atoms with E-state index in [1.165, 1.54) is 19.2 Å². The van der Waals surface area contributed by atoms with Crippen LogP contribution < -0.4 is 10.6 Å². The van der Waals surface area contributed by atoms with Crippen molar-refractivity contribution in [3.63, 3.8) is 0 Å². The second-order valence-electron chi connectivity index (χ2n) is 7.86. The first-order valence-electron chi connectivity index (χ1n) is 11.4. The van der Waals surface area contributed by atoms with Gasteiger partial charge >= 0.3 is 12.1 Å². The van der Waals surface area contributed by atoms with Crippen LogP contribution in [0.3, 0.4) is 0 Å². The van der Waals surface area contributed by atoms with Crippen molar-refractivity contribution in [2.75, 3.05) is 19.4 Å². The van der Waals surface area contributed by atoms with Crippen LogP contribution in [0.5, 0.6) is 0 Å². The van der Waals surface area contributed by atoms with Gasteiger partial charge in [0.05, 0.1) is 17.8 Å². The van der Waals surface area contributed by atoms with E-state index in [1.54, 1.807) is 18.2 Å². The molecule has 2 aromatic carbocycles. The fourth-order valence-electron chi connectivity index (χ4n) is 3.23. The number of methoxy groups -OCH3 is 1. The number of nitrogens with one attached hydrogen (secondary N) is 2. The lowest BCUT2D eigenvalue weighted by Gasteiger charge is -2.16. The molecule has 0 fully saturated rings. The van der Waals surface area contributed by atoms with Gasteiger partial charge in [-0.15, -0.1) is 0 Å². The molecule has 0 aromatic heterocycles. The van der Waals surface area contributed by atoms with Crippen molar-refractivity contribution >= 4 is 27.8 Å². The molecule has 0 saturated heterocycles. The van der Waals surface area contributed by atoms with Gasteiger partial charge in [0.1, 0.15) is 12.6 Å². The van der Waals surface area contributed by atoms with Gasteiger partial charge < -0.3 is 20.1 Å². The fourth-order valence-corrected chi connectivity index (χ4v) is 4.58. The lowest BCUT2D eigenvalue weighted by atomic mass is 10.1. The second-order valence-corrected chi connectivity index (χ2v) is 9.97. The van der Waals surface area contributed by atoms with E-state index in [1.807, 2.05) is 30.3 Å². The predicted octanol–water partition coefficient (Wildman–Crippen LogP) is 3.00. The molecule has 35 heavy (non-hydrogen) atoms. The lowest BCUT2D eigenvalue weighted by Crippen LogP contribution is -2.42. The number of rotatable bonds is 14. The third kappa shape index (κ3) is 10.6. The highest BCUT2D eigenvalue weighted by Gasteiger charge is 2.25. The summed E-state index contributed by atoms with van der Waals surface area (Å²) in [6.07, 6.45) is 1.45. The summed E-state index contributed by atoms with van der Waals surface area (Å²) in [5.41, 5.74) is 0.900. The molecule has 2 rings (SSSR count). The Morgan fingerprint density at radius 1 is 0.914 bits per heavy atom. The average molecular weight is 505 g/mol. The van der Waals surface area contributed by atoms with E-state index in [0.717, 1.165) is 5.56 Å². The molecular formula is C25H32N2O7S. The van der Waals surface area contributed by atoms with Crippen LogP contribution in [-0.4, -0.2) is 51.8 Å². The molecule has 0 heterocycles. The molecule has 0 aliphatic rings. The van der Waals surface area contributed by atoms with Crippen LogP contribution in [0.4, 0.5) is 4.79 Å². The molecule has 2 amide bonds. The highest BCUT2D eigenvalue weighted by Crippen LogP contribution is 2.13. The minimum atomic E-state index is -3.59. The number of benzene rings is 2. The summed E-state index contributed by atoms with van der Waals surface area (Å²) in [4.78, 5) is 36.2. The largest absolute Gasteiger partial charge is 0.467 e. The van der Waals surface area contributed by atoms with Gasteiger partial charge in [-0.05, 0) is 37.0 Å². The number of amides is 2. The molecule has 0 unspecified atom stereocenters. The van der Waals surface area contributed by atoms with E-state index in [0.29, 0.717) is 25.8 Å². The number of carbonyl (C=O) groups is 3. The van der Waals surface area contributed by atoms with Crippen molar-refractivity contribution in [1.82, 2.24) is 10.6 Å². The monoisotopic (exact) mass is 504 g/mol. The maximum atomic E-state index is 12.5. The number of unbranched alkanes of at least 4 members (excludes halogenated alkanes) is 2. The summed E-state index contributed by atoms with van der Waals surface area (Å²) >= 11 is 0. The standard InChI is InChI=1S/C25H32N2O7S/c1-33-24(29)22(16-18-35(31,32)21-13-7-3-8-14-21)27-23(28)15-9-4-10-17-26-25(30)34-19-20-11-5-2-6-12-20/h2-3,5-8,11-14,22H,4,9-10,15-19H2,1H3,(H,26,30)(H,27,28)/t22-/m0/s1. The van der Waals surface area contributed by atoms with E-state index >= 15 is 0 Å². The number of carbonyl (C=O) groups excluding carboxylic acids is 3. The van der Waals surface area contributed by atoms with E-state index < -0.39 is 27.9 Å². The Labute approximate surface area is 206 Å².